The number of carbonyl (C=O) groups is 1. The van der Waals surface area contributed by atoms with Gasteiger partial charge >= 0.3 is 0 Å². The molecule has 2 N–H and O–H groups in total. The number of thiazole rings is 1. The van der Waals surface area contributed by atoms with Crippen molar-refractivity contribution < 1.29 is 9.53 Å². The molecule has 23 heavy (non-hydrogen) atoms. The summed E-state index contributed by atoms with van der Waals surface area (Å²) >= 11 is 1.48. The molecule has 1 atom stereocenters. The number of carbonyl (C=O) groups excluding carboxylic acids is 1. The zero-order valence-electron chi connectivity index (χ0n) is 13.6. The summed E-state index contributed by atoms with van der Waals surface area (Å²) in [4.78, 5) is 16.7. The number of nitrogens with one attached hydrogen (secondary N) is 2. The Morgan fingerprint density at radius 3 is 3.00 bits per heavy atom. The van der Waals surface area contributed by atoms with Gasteiger partial charge in [-0.05, 0) is 56.0 Å². The third kappa shape index (κ3) is 4.00. The molecule has 1 aliphatic heterocycles. The summed E-state index contributed by atoms with van der Waals surface area (Å²) in [6, 6.07) is 5.74. The lowest BCUT2D eigenvalue weighted by molar-refractivity contribution is -0.117. The second-order valence-corrected chi connectivity index (χ2v) is 7.20. The number of benzene rings is 1. The van der Waals surface area contributed by atoms with Crippen LogP contribution in [0, 0.1) is 11.8 Å². The summed E-state index contributed by atoms with van der Waals surface area (Å²) in [5, 5.41) is 6.98. The van der Waals surface area contributed by atoms with Gasteiger partial charge in [0.05, 0.1) is 17.3 Å². The van der Waals surface area contributed by atoms with E-state index in [1.807, 2.05) is 18.2 Å². The fraction of sp³-hybridized carbons (Fsp3) is 0.529. The third-order valence-electron chi connectivity index (χ3n) is 4.54. The molecule has 3 rings (SSSR count). The van der Waals surface area contributed by atoms with Crippen LogP contribution in [0.4, 0.5) is 5.13 Å². The molecule has 0 radical (unpaired) electrons. The third-order valence-corrected chi connectivity index (χ3v) is 5.47. The number of methoxy groups -OCH3 is 1. The van der Waals surface area contributed by atoms with Crippen LogP contribution in [0.1, 0.15) is 26.2 Å². The van der Waals surface area contributed by atoms with Gasteiger partial charge < -0.3 is 15.4 Å². The highest BCUT2D eigenvalue weighted by molar-refractivity contribution is 7.22. The van der Waals surface area contributed by atoms with E-state index in [0.29, 0.717) is 23.4 Å². The fourth-order valence-corrected chi connectivity index (χ4v) is 4.04. The second-order valence-electron chi connectivity index (χ2n) is 6.17. The number of anilines is 1. The molecule has 0 bridgehead atoms. The number of nitrogens with zero attached hydrogens (tertiary/aromatic N) is 1. The van der Waals surface area contributed by atoms with Gasteiger partial charge in [-0.2, -0.15) is 0 Å². The van der Waals surface area contributed by atoms with Crippen molar-refractivity contribution in [3.63, 3.8) is 0 Å². The van der Waals surface area contributed by atoms with E-state index in [0.717, 1.165) is 41.9 Å². The number of hydrogen-bond acceptors (Lipinski definition) is 5. The molecule has 1 aliphatic rings. The molecular weight excluding hydrogens is 310 g/mol. The second kappa shape index (κ2) is 7.27. The highest BCUT2D eigenvalue weighted by Gasteiger charge is 2.22. The molecule has 1 saturated heterocycles. The lowest BCUT2D eigenvalue weighted by Gasteiger charge is -2.27. The van der Waals surface area contributed by atoms with Gasteiger partial charge in [0.2, 0.25) is 5.91 Å². The van der Waals surface area contributed by atoms with Crippen LogP contribution in [-0.2, 0) is 4.79 Å². The van der Waals surface area contributed by atoms with E-state index in [4.69, 9.17) is 4.74 Å². The first kappa shape index (κ1) is 16.2. The summed E-state index contributed by atoms with van der Waals surface area (Å²) in [6.45, 7) is 4.31. The normalized spacial score (nSPS) is 17.1. The molecule has 1 unspecified atom stereocenters. The minimum atomic E-state index is 0.0575. The van der Waals surface area contributed by atoms with Gasteiger partial charge in [-0.15, -0.1) is 0 Å². The topological polar surface area (TPSA) is 63.2 Å². The van der Waals surface area contributed by atoms with Crippen molar-refractivity contribution in [2.75, 3.05) is 25.5 Å². The van der Waals surface area contributed by atoms with Gasteiger partial charge in [-0.25, -0.2) is 4.98 Å². The van der Waals surface area contributed by atoms with Crippen LogP contribution in [0.3, 0.4) is 0 Å². The molecule has 2 aromatic rings. The maximum Gasteiger partial charge on any atom is 0.226 e. The maximum absolute atomic E-state index is 12.3. The van der Waals surface area contributed by atoms with Crippen LogP contribution < -0.4 is 15.4 Å². The molecular formula is C17H23N3O2S. The molecule has 0 spiro atoms. The van der Waals surface area contributed by atoms with Crippen LogP contribution in [-0.4, -0.2) is 31.1 Å². The van der Waals surface area contributed by atoms with E-state index in [9.17, 15) is 4.79 Å². The zero-order chi connectivity index (χ0) is 16.2. The predicted molar refractivity (Wildman–Crippen MR) is 94.2 cm³/mol. The van der Waals surface area contributed by atoms with Crippen molar-refractivity contribution in [3.8, 4) is 5.75 Å². The molecule has 1 amide bonds. The van der Waals surface area contributed by atoms with Crippen molar-refractivity contribution in [1.82, 2.24) is 10.3 Å². The van der Waals surface area contributed by atoms with E-state index in [-0.39, 0.29) is 5.91 Å². The highest BCUT2D eigenvalue weighted by atomic mass is 32.1. The predicted octanol–water partition coefficient (Wildman–Crippen LogP) is 3.27. The molecule has 1 aromatic carbocycles. The molecule has 6 heteroatoms. The molecule has 5 nitrogen and oxygen atoms in total. The summed E-state index contributed by atoms with van der Waals surface area (Å²) in [7, 11) is 1.65. The Labute approximate surface area is 140 Å². The van der Waals surface area contributed by atoms with E-state index in [1.165, 1.54) is 11.3 Å². The Balaban J connectivity index is 1.60. The van der Waals surface area contributed by atoms with Crippen molar-refractivity contribution in [2.45, 2.75) is 26.2 Å². The Bertz CT molecular complexity index is 680. The van der Waals surface area contributed by atoms with Gasteiger partial charge in [0.25, 0.3) is 0 Å². The number of aromatic nitrogens is 1. The largest absolute Gasteiger partial charge is 0.497 e. The number of hydrogen-bond donors (Lipinski definition) is 2. The van der Waals surface area contributed by atoms with E-state index in [1.54, 1.807) is 7.11 Å². The van der Waals surface area contributed by atoms with Crippen molar-refractivity contribution >= 4 is 32.6 Å². The van der Waals surface area contributed by atoms with E-state index < -0.39 is 0 Å². The Kier molecular flexibility index (Phi) is 5.13. The molecule has 1 aromatic heterocycles. The van der Waals surface area contributed by atoms with Gasteiger partial charge in [0.15, 0.2) is 5.13 Å². The average Bonchev–Trinajstić information content (AvgIpc) is 2.96. The summed E-state index contributed by atoms with van der Waals surface area (Å²) in [5.41, 5.74) is 0.887. The summed E-state index contributed by atoms with van der Waals surface area (Å²) < 4.78 is 6.24. The van der Waals surface area contributed by atoms with Crippen molar-refractivity contribution in [1.29, 1.82) is 0 Å². The van der Waals surface area contributed by atoms with Gasteiger partial charge in [0, 0.05) is 6.42 Å². The Morgan fingerprint density at radius 1 is 1.48 bits per heavy atom. The molecule has 0 saturated carbocycles. The number of fused-ring (bicyclic) bond motifs is 1. The quantitative estimate of drug-likeness (QED) is 0.881. The highest BCUT2D eigenvalue weighted by Crippen LogP contribution is 2.30. The van der Waals surface area contributed by atoms with Crippen LogP contribution in [0.15, 0.2) is 18.2 Å². The van der Waals surface area contributed by atoms with Gasteiger partial charge in [-0.3, -0.25) is 4.79 Å². The smallest absolute Gasteiger partial charge is 0.226 e. The maximum atomic E-state index is 12.3. The lowest BCUT2D eigenvalue weighted by Crippen LogP contribution is -2.32. The fourth-order valence-electron chi connectivity index (χ4n) is 3.13. The van der Waals surface area contributed by atoms with E-state index in [2.05, 4.69) is 22.5 Å². The first-order chi connectivity index (χ1) is 11.2. The monoisotopic (exact) mass is 333 g/mol. The standard InChI is InChI=1S/C17H23N3O2S/c1-11(12-5-7-18-8-6-12)9-16(21)20-17-19-14-4-3-13(22-2)10-15(14)23-17/h3-4,10-12,18H,5-9H2,1-2H3,(H,19,20,21). The SMILES string of the molecule is COc1ccc2nc(NC(=O)CC(C)C3CCNCC3)sc2c1. The lowest BCUT2D eigenvalue weighted by atomic mass is 9.84. The van der Waals surface area contributed by atoms with Crippen LogP contribution in [0.25, 0.3) is 10.2 Å². The number of ether oxygens (including phenoxy) is 1. The van der Waals surface area contributed by atoms with Gasteiger partial charge in [0.1, 0.15) is 5.75 Å². The number of piperidine rings is 1. The summed E-state index contributed by atoms with van der Waals surface area (Å²) in [5.74, 6) is 1.91. The minimum absolute atomic E-state index is 0.0575. The van der Waals surface area contributed by atoms with Crippen molar-refractivity contribution in [3.05, 3.63) is 18.2 Å². The number of rotatable bonds is 5. The van der Waals surface area contributed by atoms with E-state index >= 15 is 0 Å². The zero-order valence-corrected chi connectivity index (χ0v) is 14.4. The Morgan fingerprint density at radius 2 is 2.26 bits per heavy atom. The summed E-state index contributed by atoms with van der Waals surface area (Å²) in [6.07, 6.45) is 2.88. The minimum Gasteiger partial charge on any atom is -0.497 e. The molecule has 1 fully saturated rings. The van der Waals surface area contributed by atoms with Crippen LogP contribution in [0.2, 0.25) is 0 Å². The number of amides is 1. The van der Waals surface area contributed by atoms with Crippen molar-refractivity contribution in [2.24, 2.45) is 11.8 Å². The first-order valence-corrected chi connectivity index (χ1v) is 8.92. The van der Waals surface area contributed by atoms with Crippen LogP contribution in [0.5, 0.6) is 5.75 Å². The van der Waals surface area contributed by atoms with Crippen LogP contribution >= 0.6 is 11.3 Å². The molecule has 124 valence electrons. The average molecular weight is 333 g/mol. The van der Waals surface area contributed by atoms with Gasteiger partial charge in [-0.1, -0.05) is 18.3 Å². The first-order valence-electron chi connectivity index (χ1n) is 8.11. The Hall–Kier alpha value is -1.66. The molecule has 0 aliphatic carbocycles. The molecule has 2 heterocycles.